The summed E-state index contributed by atoms with van der Waals surface area (Å²) in [5.74, 6) is 0. The summed E-state index contributed by atoms with van der Waals surface area (Å²) in [7, 11) is 8.58. The number of hydrogen-bond donors (Lipinski definition) is 0. The van der Waals surface area contributed by atoms with E-state index < -0.39 is 0 Å². The number of hydrogen-bond acceptors (Lipinski definition) is 2. The molecule has 0 aromatic heterocycles. The molecule has 0 heterocycles. The van der Waals surface area contributed by atoms with E-state index in [0.29, 0.717) is 29.9 Å². The molecule has 0 bridgehead atoms. The molecule has 0 aliphatic carbocycles. The number of nitrogens with zero attached hydrogens (tertiary/aromatic N) is 2. The van der Waals surface area contributed by atoms with E-state index in [-0.39, 0.29) is 0 Å². The van der Waals surface area contributed by atoms with Crippen molar-refractivity contribution in [3.05, 3.63) is 59.7 Å². The third-order valence-corrected chi connectivity index (χ3v) is 9.39. The summed E-state index contributed by atoms with van der Waals surface area (Å²) in [5, 5.41) is 0. The molecular formula is C19H26N2Se2. The first-order chi connectivity index (χ1) is 11.1. The zero-order chi connectivity index (χ0) is 16.7. The van der Waals surface area contributed by atoms with E-state index in [4.69, 9.17) is 0 Å². The second-order valence-corrected chi connectivity index (χ2v) is 12.2. The van der Waals surface area contributed by atoms with Crippen molar-refractivity contribution in [2.24, 2.45) is 0 Å². The summed E-state index contributed by atoms with van der Waals surface area (Å²) < 4.78 is 4.47. The monoisotopic (exact) mass is 442 g/mol. The van der Waals surface area contributed by atoms with E-state index in [0.717, 1.165) is 13.1 Å². The maximum absolute atomic E-state index is 2.32. The van der Waals surface area contributed by atoms with E-state index in [1.165, 1.54) is 15.3 Å². The van der Waals surface area contributed by atoms with Crippen LogP contribution in [0.25, 0.3) is 0 Å². The molecule has 2 aromatic carbocycles. The van der Waals surface area contributed by atoms with Crippen LogP contribution in [0, 0.1) is 0 Å². The van der Waals surface area contributed by atoms with Gasteiger partial charge >= 0.3 is 154 Å². The maximum atomic E-state index is 2.32. The Balaban J connectivity index is 1.98. The van der Waals surface area contributed by atoms with Gasteiger partial charge < -0.3 is 0 Å². The van der Waals surface area contributed by atoms with Gasteiger partial charge in [-0.1, -0.05) is 0 Å². The summed E-state index contributed by atoms with van der Waals surface area (Å²) in [6, 6.07) is 17.9. The molecule has 0 aliphatic heterocycles. The summed E-state index contributed by atoms with van der Waals surface area (Å²) in [4.78, 5) is 4.51. The van der Waals surface area contributed by atoms with Gasteiger partial charge in [0.15, 0.2) is 0 Å². The third-order valence-electron chi connectivity index (χ3n) is 3.35. The van der Waals surface area contributed by atoms with E-state index in [2.05, 4.69) is 86.5 Å². The van der Waals surface area contributed by atoms with Crippen LogP contribution in [0.2, 0.25) is 4.22 Å². The first-order valence-electron chi connectivity index (χ1n) is 7.77. The minimum absolute atomic E-state index is 0.567. The Hall–Kier alpha value is -0.601. The number of rotatable bonds is 8. The summed E-state index contributed by atoms with van der Waals surface area (Å²) >= 11 is 1.13. The predicted molar refractivity (Wildman–Crippen MR) is 103 cm³/mol. The standard InChI is InChI=1S/C19H26N2Se2/c1-20(2)13-16-9-5-7-11-18(16)22-15-23-19-12-8-6-10-17(19)14-21(3)4/h5-12H,13-15H2,1-4H3. The Morgan fingerprint density at radius 2 is 1.04 bits per heavy atom. The second kappa shape index (κ2) is 9.64. The Morgan fingerprint density at radius 3 is 1.43 bits per heavy atom. The van der Waals surface area contributed by atoms with Crippen LogP contribution in [0.15, 0.2) is 48.5 Å². The molecule has 0 spiro atoms. The molecule has 2 nitrogen and oxygen atoms in total. The van der Waals surface area contributed by atoms with Gasteiger partial charge in [-0.05, 0) is 0 Å². The van der Waals surface area contributed by atoms with Gasteiger partial charge in [0.05, 0.1) is 0 Å². The van der Waals surface area contributed by atoms with Gasteiger partial charge in [0.1, 0.15) is 0 Å². The molecule has 0 amide bonds. The molecule has 0 radical (unpaired) electrons. The van der Waals surface area contributed by atoms with E-state index in [9.17, 15) is 0 Å². The van der Waals surface area contributed by atoms with Crippen molar-refractivity contribution < 1.29 is 0 Å². The third kappa shape index (κ3) is 6.43. The molecule has 0 N–H and O–H groups in total. The van der Waals surface area contributed by atoms with Crippen molar-refractivity contribution in [2.75, 3.05) is 28.2 Å². The Kier molecular flexibility index (Phi) is 7.85. The van der Waals surface area contributed by atoms with Gasteiger partial charge in [0, 0.05) is 0 Å². The van der Waals surface area contributed by atoms with Crippen molar-refractivity contribution in [1.82, 2.24) is 9.80 Å². The molecule has 0 saturated heterocycles. The van der Waals surface area contributed by atoms with Crippen LogP contribution in [0.1, 0.15) is 11.1 Å². The van der Waals surface area contributed by atoms with Crippen molar-refractivity contribution in [2.45, 2.75) is 17.3 Å². The molecule has 0 saturated carbocycles. The molecular weight excluding hydrogens is 414 g/mol. The van der Waals surface area contributed by atoms with E-state index >= 15 is 0 Å². The Morgan fingerprint density at radius 1 is 0.652 bits per heavy atom. The molecule has 0 unspecified atom stereocenters. The second-order valence-electron chi connectivity index (χ2n) is 6.10. The normalized spacial score (nSPS) is 11.4. The van der Waals surface area contributed by atoms with Crippen LogP contribution in [-0.4, -0.2) is 67.9 Å². The molecule has 23 heavy (non-hydrogen) atoms. The van der Waals surface area contributed by atoms with Crippen LogP contribution in [-0.2, 0) is 13.1 Å². The first kappa shape index (κ1) is 18.7. The molecule has 0 fully saturated rings. The van der Waals surface area contributed by atoms with Crippen molar-refractivity contribution in [1.29, 1.82) is 0 Å². The fourth-order valence-electron chi connectivity index (χ4n) is 2.39. The summed E-state index contributed by atoms with van der Waals surface area (Å²) in [5.41, 5.74) is 2.99. The van der Waals surface area contributed by atoms with Gasteiger partial charge in [0.2, 0.25) is 0 Å². The predicted octanol–water partition coefficient (Wildman–Crippen LogP) is 1.54. The van der Waals surface area contributed by atoms with Crippen LogP contribution in [0.5, 0.6) is 0 Å². The molecule has 4 heteroatoms. The summed E-state index contributed by atoms with van der Waals surface area (Å²) in [6.45, 7) is 2.09. The van der Waals surface area contributed by atoms with Gasteiger partial charge in [-0.25, -0.2) is 0 Å². The van der Waals surface area contributed by atoms with Crippen molar-refractivity contribution in [3.8, 4) is 0 Å². The van der Waals surface area contributed by atoms with Gasteiger partial charge in [-0.15, -0.1) is 0 Å². The van der Waals surface area contributed by atoms with Crippen molar-refractivity contribution in [3.63, 3.8) is 0 Å². The molecule has 2 rings (SSSR count). The zero-order valence-electron chi connectivity index (χ0n) is 14.5. The Bertz CT molecular complexity index is 558. The van der Waals surface area contributed by atoms with Gasteiger partial charge in [-0.2, -0.15) is 0 Å². The minimum atomic E-state index is 0.567. The van der Waals surface area contributed by atoms with E-state index in [1.807, 2.05) is 0 Å². The molecule has 124 valence electrons. The zero-order valence-corrected chi connectivity index (χ0v) is 17.9. The first-order valence-corrected chi connectivity index (χ1v) is 11.9. The van der Waals surface area contributed by atoms with Crippen LogP contribution < -0.4 is 8.92 Å². The average molecular weight is 440 g/mol. The summed E-state index contributed by atoms with van der Waals surface area (Å²) in [6.07, 6.45) is 0. The van der Waals surface area contributed by atoms with Crippen molar-refractivity contribution >= 4 is 38.8 Å². The average Bonchev–Trinajstić information content (AvgIpc) is 2.49. The van der Waals surface area contributed by atoms with E-state index in [1.54, 1.807) is 8.92 Å². The van der Waals surface area contributed by atoms with Crippen LogP contribution >= 0.6 is 0 Å². The fraction of sp³-hybridized carbons (Fsp3) is 0.368. The SMILES string of the molecule is CN(C)Cc1ccccc1[Se]C[Se]c1ccccc1CN(C)C. The number of benzene rings is 2. The van der Waals surface area contributed by atoms with Crippen LogP contribution in [0.4, 0.5) is 0 Å². The van der Waals surface area contributed by atoms with Gasteiger partial charge in [-0.3, -0.25) is 0 Å². The topological polar surface area (TPSA) is 6.48 Å². The molecule has 2 aromatic rings. The quantitative estimate of drug-likeness (QED) is 0.575. The molecule has 0 atom stereocenters. The fourth-order valence-corrected chi connectivity index (χ4v) is 8.52. The van der Waals surface area contributed by atoms with Crippen LogP contribution in [0.3, 0.4) is 0 Å². The molecule has 0 aliphatic rings. The Labute approximate surface area is 153 Å². The van der Waals surface area contributed by atoms with Gasteiger partial charge in [0.25, 0.3) is 0 Å².